The van der Waals surface area contributed by atoms with Gasteiger partial charge in [0.05, 0.1) is 10.6 Å². The second kappa shape index (κ2) is 6.48. The average Bonchev–Trinajstić information content (AvgIpc) is 2.95. The summed E-state index contributed by atoms with van der Waals surface area (Å²) in [7, 11) is 0. The van der Waals surface area contributed by atoms with Crippen LogP contribution in [0.2, 0.25) is 5.02 Å². The smallest absolute Gasteiger partial charge is 0.101 e. The quantitative estimate of drug-likeness (QED) is 0.933. The van der Waals surface area contributed by atoms with Gasteiger partial charge in [0.2, 0.25) is 0 Å². The third-order valence-electron chi connectivity index (χ3n) is 3.73. The topological polar surface area (TPSA) is 39.1 Å². The van der Waals surface area contributed by atoms with E-state index in [0.29, 0.717) is 10.6 Å². The molecule has 3 rings (SSSR count). The zero-order valence-electron chi connectivity index (χ0n) is 11.6. The Kier molecular flexibility index (Phi) is 4.45. The monoisotopic (exact) mass is 317 g/mol. The second-order valence-corrected chi connectivity index (χ2v) is 6.54. The van der Waals surface area contributed by atoms with Gasteiger partial charge in [-0.25, -0.2) is 0 Å². The van der Waals surface area contributed by atoms with Crippen molar-refractivity contribution < 1.29 is 0 Å². The first-order valence-corrected chi connectivity index (χ1v) is 8.23. The zero-order chi connectivity index (χ0) is 14.7. The highest BCUT2D eigenvalue weighted by molar-refractivity contribution is 7.10. The molecule has 108 valence electrons. The molecular formula is C16H16ClN3S. The molecule has 3 nitrogen and oxygen atoms in total. The Balaban J connectivity index is 1.51. The minimum absolute atomic E-state index is 0.503. The van der Waals surface area contributed by atoms with Crippen LogP contribution in [-0.4, -0.2) is 24.5 Å². The van der Waals surface area contributed by atoms with Crippen LogP contribution in [0.3, 0.4) is 0 Å². The van der Waals surface area contributed by atoms with Crippen molar-refractivity contribution in [1.82, 2.24) is 4.90 Å². The lowest BCUT2D eigenvalue weighted by Crippen LogP contribution is -2.33. The minimum atomic E-state index is 0.503. The Morgan fingerprint density at radius 2 is 2.29 bits per heavy atom. The lowest BCUT2D eigenvalue weighted by atomic mass is 10.1. The summed E-state index contributed by atoms with van der Waals surface area (Å²) in [6.07, 6.45) is 1.16. The number of rotatable bonds is 4. The first kappa shape index (κ1) is 14.4. The Morgan fingerprint density at radius 1 is 1.38 bits per heavy atom. The number of hydrogen-bond acceptors (Lipinski definition) is 4. The number of thiophene rings is 1. The number of halogens is 1. The van der Waals surface area contributed by atoms with Crippen LogP contribution < -0.4 is 5.32 Å². The molecular weight excluding hydrogens is 302 g/mol. The first-order chi connectivity index (χ1) is 10.3. The van der Waals surface area contributed by atoms with Crippen LogP contribution in [0.15, 0.2) is 29.6 Å². The maximum absolute atomic E-state index is 8.86. The van der Waals surface area contributed by atoms with Gasteiger partial charge in [-0.1, -0.05) is 11.6 Å². The lowest BCUT2D eigenvalue weighted by molar-refractivity contribution is 0.266. The summed E-state index contributed by atoms with van der Waals surface area (Å²) in [6.45, 7) is 4.06. The van der Waals surface area contributed by atoms with Crippen LogP contribution in [0.5, 0.6) is 0 Å². The van der Waals surface area contributed by atoms with E-state index in [2.05, 4.69) is 27.7 Å². The van der Waals surface area contributed by atoms with Crippen molar-refractivity contribution in [1.29, 1.82) is 5.26 Å². The molecule has 21 heavy (non-hydrogen) atoms. The molecule has 1 aliphatic rings. The third kappa shape index (κ3) is 3.38. The van der Waals surface area contributed by atoms with Crippen LogP contribution in [-0.2, 0) is 13.0 Å². The molecule has 1 aromatic heterocycles. The molecule has 0 radical (unpaired) electrons. The van der Waals surface area contributed by atoms with Crippen LogP contribution >= 0.6 is 22.9 Å². The summed E-state index contributed by atoms with van der Waals surface area (Å²) in [5.41, 5.74) is 2.96. The Morgan fingerprint density at radius 3 is 3.10 bits per heavy atom. The SMILES string of the molecule is N#Cc1ccc(NCCN2CCc3sccc3C2)cc1Cl. The van der Waals surface area contributed by atoms with Gasteiger partial charge in [0.15, 0.2) is 0 Å². The normalized spacial score (nSPS) is 14.5. The molecule has 0 bridgehead atoms. The molecule has 5 heteroatoms. The Bertz CT molecular complexity index is 674. The number of hydrogen-bond donors (Lipinski definition) is 1. The zero-order valence-corrected chi connectivity index (χ0v) is 13.2. The Labute approximate surface area is 133 Å². The summed E-state index contributed by atoms with van der Waals surface area (Å²) < 4.78 is 0. The largest absolute Gasteiger partial charge is 0.384 e. The molecule has 2 heterocycles. The molecule has 1 aliphatic heterocycles. The average molecular weight is 318 g/mol. The van der Waals surface area contributed by atoms with Crippen molar-refractivity contribution in [2.45, 2.75) is 13.0 Å². The molecule has 0 atom stereocenters. The highest BCUT2D eigenvalue weighted by atomic mass is 35.5. The van der Waals surface area contributed by atoms with E-state index in [-0.39, 0.29) is 0 Å². The van der Waals surface area contributed by atoms with Gasteiger partial charge in [0.25, 0.3) is 0 Å². The van der Waals surface area contributed by atoms with Gasteiger partial charge in [-0.15, -0.1) is 11.3 Å². The highest BCUT2D eigenvalue weighted by Gasteiger charge is 2.16. The van der Waals surface area contributed by atoms with Crippen molar-refractivity contribution >= 4 is 28.6 Å². The number of benzene rings is 1. The fourth-order valence-electron chi connectivity index (χ4n) is 2.57. The van der Waals surface area contributed by atoms with E-state index in [4.69, 9.17) is 16.9 Å². The third-order valence-corrected chi connectivity index (χ3v) is 5.07. The van der Waals surface area contributed by atoms with Gasteiger partial charge in [-0.2, -0.15) is 5.26 Å². The molecule has 0 unspecified atom stereocenters. The summed E-state index contributed by atoms with van der Waals surface area (Å²) in [5.74, 6) is 0. The van der Waals surface area contributed by atoms with Crippen molar-refractivity contribution in [2.24, 2.45) is 0 Å². The first-order valence-electron chi connectivity index (χ1n) is 6.97. The standard InChI is InChI=1S/C16H16ClN3S/c17-15-9-14(2-1-12(15)10-18)19-5-7-20-6-3-16-13(11-20)4-8-21-16/h1-2,4,8-9,19H,3,5-7,11H2. The minimum Gasteiger partial charge on any atom is -0.384 e. The van der Waals surface area contributed by atoms with E-state index in [1.54, 1.807) is 6.07 Å². The molecule has 0 aliphatic carbocycles. The highest BCUT2D eigenvalue weighted by Crippen LogP contribution is 2.24. The summed E-state index contributed by atoms with van der Waals surface area (Å²) in [5, 5.41) is 14.9. The van der Waals surface area contributed by atoms with E-state index in [9.17, 15) is 0 Å². The van der Waals surface area contributed by atoms with Gasteiger partial charge in [-0.3, -0.25) is 4.90 Å². The number of nitriles is 1. The van der Waals surface area contributed by atoms with E-state index in [1.807, 2.05) is 23.5 Å². The van der Waals surface area contributed by atoms with Crippen molar-refractivity contribution in [3.63, 3.8) is 0 Å². The summed E-state index contributed by atoms with van der Waals surface area (Å²) >= 11 is 7.90. The number of nitrogens with zero attached hydrogens (tertiary/aromatic N) is 2. The summed E-state index contributed by atoms with van der Waals surface area (Å²) in [4.78, 5) is 4.01. The van der Waals surface area contributed by atoms with Crippen LogP contribution in [0.1, 0.15) is 16.0 Å². The molecule has 0 saturated carbocycles. The Hall–Kier alpha value is -1.54. The van der Waals surface area contributed by atoms with Crippen molar-refractivity contribution in [3.05, 3.63) is 50.7 Å². The van der Waals surface area contributed by atoms with Crippen LogP contribution in [0.25, 0.3) is 0 Å². The molecule has 0 saturated heterocycles. The number of nitrogens with one attached hydrogen (secondary N) is 1. The lowest BCUT2D eigenvalue weighted by Gasteiger charge is -2.26. The predicted molar refractivity (Wildman–Crippen MR) is 88.0 cm³/mol. The maximum atomic E-state index is 8.86. The molecule has 0 spiro atoms. The van der Waals surface area contributed by atoms with Gasteiger partial charge in [0, 0.05) is 36.7 Å². The van der Waals surface area contributed by atoms with E-state index >= 15 is 0 Å². The van der Waals surface area contributed by atoms with Gasteiger partial charge >= 0.3 is 0 Å². The molecule has 2 aromatic rings. The second-order valence-electron chi connectivity index (χ2n) is 5.13. The predicted octanol–water partition coefficient (Wildman–Crippen LogP) is 3.74. The fraction of sp³-hybridized carbons (Fsp3) is 0.312. The maximum Gasteiger partial charge on any atom is 0.101 e. The fourth-order valence-corrected chi connectivity index (χ4v) is 3.68. The van der Waals surface area contributed by atoms with Crippen LogP contribution in [0, 0.1) is 11.3 Å². The van der Waals surface area contributed by atoms with Crippen molar-refractivity contribution in [3.8, 4) is 6.07 Å². The van der Waals surface area contributed by atoms with Gasteiger partial charge < -0.3 is 5.32 Å². The number of anilines is 1. The molecule has 0 fully saturated rings. The van der Waals surface area contributed by atoms with Crippen LogP contribution in [0.4, 0.5) is 5.69 Å². The van der Waals surface area contributed by atoms with Gasteiger partial charge in [-0.05, 0) is 41.6 Å². The summed E-state index contributed by atoms with van der Waals surface area (Å²) in [6, 6.07) is 9.77. The number of fused-ring (bicyclic) bond motifs is 1. The molecule has 1 N–H and O–H groups in total. The molecule has 1 aromatic carbocycles. The van der Waals surface area contributed by atoms with Gasteiger partial charge in [0.1, 0.15) is 6.07 Å². The van der Waals surface area contributed by atoms with E-state index in [1.165, 1.54) is 10.4 Å². The molecule has 0 amide bonds. The van der Waals surface area contributed by atoms with Crippen molar-refractivity contribution in [2.75, 3.05) is 25.0 Å². The van der Waals surface area contributed by atoms with E-state index in [0.717, 1.165) is 38.3 Å². The van der Waals surface area contributed by atoms with E-state index < -0.39 is 0 Å².